The van der Waals surface area contributed by atoms with E-state index in [1.165, 1.54) is 16.4 Å². The Morgan fingerprint density at radius 3 is 1.40 bits per heavy atom. The standard InChI is InChI=1S/Ba.BrF.Gd.Na.3H/c;1-2;;;;;/q+2;;;+1;3*-1. The first-order valence-electron chi connectivity index (χ1n) is 0.143. The van der Waals surface area contributed by atoms with Crippen molar-refractivity contribution in [2.45, 2.75) is 0 Å². The number of halogens is 2. The van der Waals surface area contributed by atoms with Crippen LogP contribution in [0.2, 0.25) is 0 Å². The number of hydrogen-bond donors (Lipinski definition) is 0. The van der Waals surface area contributed by atoms with Gasteiger partial charge in [-0.15, -0.1) is 0 Å². The molecule has 0 saturated carbocycles. The summed E-state index contributed by atoms with van der Waals surface area (Å²) in [6.07, 6.45) is 0. The van der Waals surface area contributed by atoms with E-state index in [2.05, 4.69) is 0 Å². The van der Waals surface area contributed by atoms with Gasteiger partial charge in [0.2, 0.25) is 0 Å². The first kappa shape index (κ1) is 22.8. The van der Waals surface area contributed by atoms with E-state index in [0.29, 0.717) is 0 Å². The average molecular weight is 419 g/mol. The minimum atomic E-state index is 0. The topological polar surface area (TPSA) is 0 Å². The first-order valence-corrected chi connectivity index (χ1v) is 0.742. The van der Waals surface area contributed by atoms with Gasteiger partial charge in [0.1, 0.15) is 0 Å². The predicted octanol–water partition coefficient (Wildman–Crippen LogP) is -1.77. The molecule has 0 aromatic rings. The second kappa shape index (κ2) is 23.9. The summed E-state index contributed by atoms with van der Waals surface area (Å²) >= 11 is 1.44. The molecule has 0 N–H and O–H groups in total. The first-order chi connectivity index (χ1) is 1.00. The maximum absolute atomic E-state index is 9.31. The predicted molar refractivity (Wildman–Crippen MR) is 19.1 cm³/mol. The van der Waals surface area contributed by atoms with Gasteiger partial charge in [-0.3, -0.25) is 0 Å². The van der Waals surface area contributed by atoms with E-state index in [4.69, 9.17) is 0 Å². The van der Waals surface area contributed by atoms with Crippen LogP contribution in [0.25, 0.3) is 0 Å². The molecule has 0 aliphatic heterocycles. The number of rotatable bonds is 0. The molecule has 0 nitrogen and oxygen atoms in total. The molecular weight excluding hydrogens is 416 g/mol. The van der Waals surface area contributed by atoms with Gasteiger partial charge in [0, 0.05) is 39.9 Å². The zero-order valence-electron chi connectivity index (χ0n) is 5.82. The molecule has 0 aliphatic rings. The maximum Gasteiger partial charge on any atom is 2.00 e. The summed E-state index contributed by atoms with van der Waals surface area (Å²) in [5, 5.41) is 0. The van der Waals surface area contributed by atoms with Gasteiger partial charge in [-0.05, 0) is 0 Å². The Morgan fingerprint density at radius 1 is 1.40 bits per heavy atom. The molecule has 0 aliphatic carbocycles. The minimum Gasteiger partial charge on any atom is -1.00 e. The van der Waals surface area contributed by atoms with E-state index in [-0.39, 0.29) is 123 Å². The molecule has 0 unspecified atom stereocenters. The van der Waals surface area contributed by atoms with Crippen LogP contribution in [0.1, 0.15) is 4.28 Å². The molecule has 0 aromatic carbocycles. The van der Waals surface area contributed by atoms with Crippen LogP contribution in [0, 0.1) is 39.9 Å². The quantitative estimate of drug-likeness (QED) is 0.408. The fraction of sp³-hybridized carbons (Fsp3) is 0. The van der Waals surface area contributed by atoms with Gasteiger partial charge in [0.15, 0.2) is 16.4 Å². The maximum atomic E-state index is 9.31. The van der Waals surface area contributed by atoms with Crippen molar-refractivity contribution < 1.29 is 77.3 Å². The molecule has 0 amide bonds. The smallest absolute Gasteiger partial charge is 1.00 e. The second-order valence-corrected chi connectivity index (χ2v) is 0. The summed E-state index contributed by atoms with van der Waals surface area (Å²) in [6.45, 7) is 0. The van der Waals surface area contributed by atoms with Gasteiger partial charge >= 0.3 is 78.4 Å². The molecule has 5 heteroatoms. The third-order valence-electron chi connectivity index (χ3n) is 0. The molecule has 0 fully saturated rings. The van der Waals surface area contributed by atoms with Crippen LogP contribution < -0.4 is 29.6 Å². The Morgan fingerprint density at radius 2 is 1.40 bits per heavy atom. The largest absolute Gasteiger partial charge is 2.00 e. The van der Waals surface area contributed by atoms with Gasteiger partial charge in [-0.1, -0.05) is 0 Å². The van der Waals surface area contributed by atoms with Gasteiger partial charge in [0.25, 0.3) is 0 Å². The monoisotopic (exact) mass is 420 g/mol. The van der Waals surface area contributed by atoms with Crippen molar-refractivity contribution in [1.82, 2.24) is 0 Å². The molecule has 28 valence electrons. The fourth-order valence-electron chi connectivity index (χ4n) is 0. The molecule has 5 heavy (non-hydrogen) atoms. The summed E-state index contributed by atoms with van der Waals surface area (Å²) in [5.41, 5.74) is 0. The Bertz CT molecular complexity index is 19.2. The molecule has 0 spiro atoms. The second-order valence-electron chi connectivity index (χ2n) is 0. The van der Waals surface area contributed by atoms with E-state index in [9.17, 15) is 3.56 Å². The van der Waals surface area contributed by atoms with E-state index >= 15 is 0 Å². The summed E-state index contributed by atoms with van der Waals surface area (Å²) < 4.78 is 9.31. The summed E-state index contributed by atoms with van der Waals surface area (Å²) in [7, 11) is 0. The molecule has 0 heterocycles. The summed E-state index contributed by atoms with van der Waals surface area (Å²) in [5.74, 6) is 0. The molecule has 0 rings (SSSR count). The summed E-state index contributed by atoms with van der Waals surface area (Å²) in [6, 6.07) is 0. The van der Waals surface area contributed by atoms with Crippen molar-refractivity contribution >= 4 is 65.3 Å². The van der Waals surface area contributed by atoms with Crippen LogP contribution in [0.3, 0.4) is 0 Å². The van der Waals surface area contributed by atoms with Crippen molar-refractivity contribution in [2.75, 3.05) is 0 Å². The zero-order chi connectivity index (χ0) is 2.00. The normalized spacial score (nSPS) is 1.20. The van der Waals surface area contributed by atoms with Crippen LogP contribution in [-0.4, -0.2) is 48.9 Å². The van der Waals surface area contributed by atoms with Crippen molar-refractivity contribution in [2.24, 2.45) is 0 Å². The zero-order valence-corrected chi connectivity index (χ0v) is 13.1. The molecule has 0 atom stereocenters. The third kappa shape index (κ3) is 17.8. The van der Waals surface area contributed by atoms with E-state index in [1.54, 1.807) is 0 Å². The van der Waals surface area contributed by atoms with Gasteiger partial charge in [-0.2, -0.15) is 3.56 Å². The van der Waals surface area contributed by atoms with Crippen LogP contribution in [-0.2, 0) is 0 Å². The molecule has 0 aromatic heterocycles. The van der Waals surface area contributed by atoms with Crippen LogP contribution >= 0.6 is 16.4 Å². The van der Waals surface area contributed by atoms with Gasteiger partial charge in [0.05, 0.1) is 0 Å². The Balaban J connectivity index is -0.000000000333. The Kier molecular flexibility index (Phi) is 109. The van der Waals surface area contributed by atoms with Crippen molar-refractivity contribution in [3.63, 3.8) is 0 Å². The Hall–Kier alpha value is 4.31. The minimum absolute atomic E-state index is 0. The van der Waals surface area contributed by atoms with Crippen molar-refractivity contribution in [1.29, 1.82) is 0 Å². The SMILES string of the molecule is FBr.[Ba+2].[Gd].[H-].[H-].[H-].[Na+]. The molecule has 0 saturated heterocycles. The van der Waals surface area contributed by atoms with E-state index in [1.807, 2.05) is 0 Å². The van der Waals surface area contributed by atoms with Crippen molar-refractivity contribution in [3.8, 4) is 0 Å². The van der Waals surface area contributed by atoms with E-state index in [0.717, 1.165) is 0 Å². The van der Waals surface area contributed by atoms with Gasteiger partial charge in [-0.25, -0.2) is 0 Å². The molecule has 0 radical (unpaired) electrons. The van der Waals surface area contributed by atoms with Crippen LogP contribution in [0.15, 0.2) is 0 Å². The van der Waals surface area contributed by atoms with Crippen LogP contribution in [0.4, 0.5) is 3.56 Å². The third-order valence-corrected chi connectivity index (χ3v) is 0. The average Bonchev–Trinajstić information content (AvgIpc) is 1.00. The van der Waals surface area contributed by atoms with Crippen LogP contribution in [0.5, 0.6) is 0 Å². The molecule has 0 bridgehead atoms. The van der Waals surface area contributed by atoms with Gasteiger partial charge < -0.3 is 4.28 Å². The molecular formula is H3BaBrFGdNa. The Labute approximate surface area is 138 Å². The van der Waals surface area contributed by atoms with Crippen molar-refractivity contribution in [3.05, 3.63) is 0 Å². The number of hydrogen-bond acceptors (Lipinski definition) is 0. The summed E-state index contributed by atoms with van der Waals surface area (Å²) in [4.78, 5) is 0. The van der Waals surface area contributed by atoms with E-state index < -0.39 is 0 Å². The fourth-order valence-corrected chi connectivity index (χ4v) is 0.